The van der Waals surface area contributed by atoms with Crippen molar-refractivity contribution >= 4 is 23.2 Å². The van der Waals surface area contributed by atoms with Crippen LogP contribution >= 0.6 is 0 Å². The molecular weight excluding hydrogens is 382 g/mol. The fraction of sp³-hybridized carbons (Fsp3) is 0.435. The Balaban J connectivity index is 1.31. The lowest BCUT2D eigenvalue weighted by atomic mass is 9.70. The van der Waals surface area contributed by atoms with Crippen LogP contribution in [0.2, 0.25) is 0 Å². The summed E-state index contributed by atoms with van der Waals surface area (Å²) in [6.07, 6.45) is 4.73. The summed E-state index contributed by atoms with van der Waals surface area (Å²) in [5.41, 5.74) is 4.54. The van der Waals surface area contributed by atoms with Gasteiger partial charge < -0.3 is 14.5 Å². The molecular formula is C23H27N3O4. The first-order valence-corrected chi connectivity index (χ1v) is 10.2. The Morgan fingerprint density at radius 1 is 1.23 bits per heavy atom. The SMILES string of the molecule is CC12CCC(C/C1=N/NC(=O)COc1cccc(NC(=O)c3ccco3)c1)C2(C)C. The number of anilines is 1. The molecule has 2 bridgehead atoms. The molecule has 30 heavy (non-hydrogen) atoms. The molecule has 2 atom stereocenters. The molecule has 2 aliphatic rings. The minimum atomic E-state index is -0.354. The Hall–Kier alpha value is -3.09. The van der Waals surface area contributed by atoms with Gasteiger partial charge in [-0.1, -0.05) is 26.8 Å². The molecule has 0 spiro atoms. The van der Waals surface area contributed by atoms with Gasteiger partial charge in [0.15, 0.2) is 12.4 Å². The first kappa shape index (κ1) is 20.2. The number of hydrogen-bond acceptors (Lipinski definition) is 5. The molecule has 2 aliphatic carbocycles. The molecule has 2 aromatic rings. The van der Waals surface area contributed by atoms with E-state index < -0.39 is 0 Å². The number of amides is 2. The minimum Gasteiger partial charge on any atom is -0.484 e. The molecule has 2 amide bonds. The van der Waals surface area contributed by atoms with Gasteiger partial charge >= 0.3 is 0 Å². The summed E-state index contributed by atoms with van der Waals surface area (Å²) in [5.74, 6) is 0.665. The third-order valence-corrected chi connectivity index (χ3v) is 7.03. The van der Waals surface area contributed by atoms with Crippen LogP contribution in [-0.2, 0) is 4.79 Å². The molecule has 1 heterocycles. The molecule has 0 aliphatic heterocycles. The van der Waals surface area contributed by atoms with Crippen molar-refractivity contribution in [2.45, 2.75) is 40.0 Å². The number of hydrazone groups is 1. The average molecular weight is 409 g/mol. The molecule has 158 valence electrons. The Labute approximate surface area is 175 Å². The van der Waals surface area contributed by atoms with Gasteiger partial charge in [0.25, 0.3) is 11.8 Å². The smallest absolute Gasteiger partial charge is 0.291 e. The number of furan rings is 1. The summed E-state index contributed by atoms with van der Waals surface area (Å²) >= 11 is 0. The van der Waals surface area contributed by atoms with E-state index in [1.54, 1.807) is 36.4 Å². The van der Waals surface area contributed by atoms with E-state index in [9.17, 15) is 9.59 Å². The maximum Gasteiger partial charge on any atom is 0.291 e. The number of fused-ring (bicyclic) bond motifs is 2. The lowest BCUT2D eigenvalue weighted by Gasteiger charge is -2.34. The lowest BCUT2D eigenvalue weighted by Crippen LogP contribution is -2.35. The Morgan fingerprint density at radius 2 is 2.07 bits per heavy atom. The van der Waals surface area contributed by atoms with Crippen LogP contribution in [0.4, 0.5) is 5.69 Å². The van der Waals surface area contributed by atoms with Gasteiger partial charge in [-0.25, -0.2) is 5.43 Å². The fourth-order valence-electron chi connectivity index (χ4n) is 4.67. The largest absolute Gasteiger partial charge is 0.484 e. The molecule has 7 heteroatoms. The Morgan fingerprint density at radius 3 is 2.73 bits per heavy atom. The molecule has 7 nitrogen and oxygen atoms in total. The number of nitrogens with one attached hydrogen (secondary N) is 2. The zero-order chi connectivity index (χ0) is 21.4. The van der Waals surface area contributed by atoms with E-state index >= 15 is 0 Å². The second-order valence-electron chi connectivity index (χ2n) is 8.83. The maximum atomic E-state index is 12.2. The summed E-state index contributed by atoms with van der Waals surface area (Å²) in [7, 11) is 0. The molecule has 2 fully saturated rings. The summed E-state index contributed by atoms with van der Waals surface area (Å²) < 4.78 is 10.6. The number of carbonyl (C=O) groups excluding carboxylic acids is 2. The molecule has 1 aromatic heterocycles. The highest BCUT2D eigenvalue weighted by atomic mass is 16.5. The minimum absolute atomic E-state index is 0.0480. The van der Waals surface area contributed by atoms with Crippen LogP contribution in [0.15, 0.2) is 52.2 Å². The third-order valence-electron chi connectivity index (χ3n) is 7.03. The van der Waals surface area contributed by atoms with E-state index in [4.69, 9.17) is 9.15 Å². The van der Waals surface area contributed by atoms with Gasteiger partial charge in [-0.3, -0.25) is 9.59 Å². The second-order valence-corrected chi connectivity index (χ2v) is 8.83. The van der Waals surface area contributed by atoms with Gasteiger partial charge in [0, 0.05) is 22.9 Å². The van der Waals surface area contributed by atoms with E-state index in [2.05, 4.69) is 36.6 Å². The standard InChI is InChI=1S/C23H27N3O4/c1-22(2)15-9-10-23(22,3)19(12-15)25-26-20(27)14-30-17-7-4-6-16(13-17)24-21(28)18-8-5-11-29-18/h4-8,11,13,15H,9-10,12,14H2,1-3H3,(H,24,28)(H,26,27)/b25-19-. The zero-order valence-electron chi connectivity index (χ0n) is 17.5. The van der Waals surface area contributed by atoms with Crippen molar-refractivity contribution in [3.05, 3.63) is 48.4 Å². The number of rotatable bonds is 6. The predicted molar refractivity (Wildman–Crippen MR) is 113 cm³/mol. The van der Waals surface area contributed by atoms with E-state index in [-0.39, 0.29) is 35.0 Å². The normalized spacial score (nSPS) is 25.3. The van der Waals surface area contributed by atoms with Crippen LogP contribution in [0.5, 0.6) is 5.75 Å². The molecule has 0 saturated heterocycles. The van der Waals surface area contributed by atoms with Crippen LogP contribution in [0, 0.1) is 16.7 Å². The maximum absolute atomic E-state index is 12.2. The highest BCUT2D eigenvalue weighted by Crippen LogP contribution is 2.63. The number of benzene rings is 1. The zero-order valence-corrected chi connectivity index (χ0v) is 17.5. The summed E-state index contributed by atoms with van der Waals surface area (Å²) in [5, 5.41) is 7.17. The topological polar surface area (TPSA) is 92.9 Å². The van der Waals surface area contributed by atoms with Crippen LogP contribution in [0.3, 0.4) is 0 Å². The van der Waals surface area contributed by atoms with E-state index in [1.165, 1.54) is 12.7 Å². The van der Waals surface area contributed by atoms with Crippen molar-refractivity contribution in [1.82, 2.24) is 5.43 Å². The number of carbonyl (C=O) groups is 2. The van der Waals surface area contributed by atoms with Gasteiger partial charge in [-0.15, -0.1) is 0 Å². The van der Waals surface area contributed by atoms with Crippen molar-refractivity contribution in [2.75, 3.05) is 11.9 Å². The summed E-state index contributed by atoms with van der Waals surface area (Å²) in [4.78, 5) is 24.3. The molecule has 2 saturated carbocycles. The number of ether oxygens (including phenoxy) is 1. The second kappa shape index (κ2) is 7.63. The van der Waals surface area contributed by atoms with Crippen molar-refractivity contribution in [3.63, 3.8) is 0 Å². The van der Waals surface area contributed by atoms with Gasteiger partial charge in [0.1, 0.15) is 5.75 Å². The Bertz CT molecular complexity index is 980. The first-order valence-electron chi connectivity index (χ1n) is 10.2. The monoisotopic (exact) mass is 409 g/mol. The van der Waals surface area contributed by atoms with Gasteiger partial charge in [-0.2, -0.15) is 5.10 Å². The first-order chi connectivity index (χ1) is 14.3. The van der Waals surface area contributed by atoms with Gasteiger partial charge in [0.2, 0.25) is 0 Å². The predicted octanol–water partition coefficient (Wildman–Crippen LogP) is 4.23. The number of hydrogen-bond donors (Lipinski definition) is 2. The van der Waals surface area contributed by atoms with Crippen LogP contribution in [-0.4, -0.2) is 24.1 Å². The molecule has 4 rings (SSSR count). The van der Waals surface area contributed by atoms with E-state index in [0.717, 1.165) is 18.6 Å². The molecule has 1 aromatic carbocycles. The highest BCUT2D eigenvalue weighted by Gasteiger charge is 2.60. The average Bonchev–Trinajstić information content (AvgIpc) is 3.37. The number of nitrogens with zero attached hydrogens (tertiary/aromatic N) is 1. The van der Waals surface area contributed by atoms with Crippen LogP contribution < -0.4 is 15.5 Å². The highest BCUT2D eigenvalue weighted by molar-refractivity contribution is 6.02. The van der Waals surface area contributed by atoms with Crippen LogP contribution in [0.25, 0.3) is 0 Å². The van der Waals surface area contributed by atoms with Gasteiger partial charge in [-0.05, 0) is 54.9 Å². The third kappa shape index (κ3) is 3.60. The molecule has 2 unspecified atom stereocenters. The van der Waals surface area contributed by atoms with Crippen molar-refractivity contribution in [2.24, 2.45) is 21.8 Å². The van der Waals surface area contributed by atoms with E-state index in [0.29, 0.717) is 17.4 Å². The summed E-state index contributed by atoms with van der Waals surface area (Å²) in [6.45, 7) is 6.70. The van der Waals surface area contributed by atoms with Crippen molar-refractivity contribution < 1.29 is 18.7 Å². The molecule has 2 N–H and O–H groups in total. The summed E-state index contributed by atoms with van der Waals surface area (Å²) in [6, 6.07) is 10.1. The quantitative estimate of drug-likeness (QED) is 0.698. The lowest BCUT2D eigenvalue weighted by molar-refractivity contribution is -0.123. The fourth-order valence-corrected chi connectivity index (χ4v) is 4.67. The Kier molecular flexibility index (Phi) is 5.13. The van der Waals surface area contributed by atoms with Crippen molar-refractivity contribution in [3.8, 4) is 5.75 Å². The van der Waals surface area contributed by atoms with E-state index in [1.807, 2.05) is 0 Å². The van der Waals surface area contributed by atoms with Crippen molar-refractivity contribution in [1.29, 1.82) is 0 Å². The molecule has 0 radical (unpaired) electrons. The van der Waals surface area contributed by atoms with Gasteiger partial charge in [0.05, 0.1) is 6.26 Å². The van der Waals surface area contributed by atoms with Crippen LogP contribution in [0.1, 0.15) is 50.6 Å².